The lowest BCUT2D eigenvalue weighted by Crippen LogP contribution is -1.86. The predicted molar refractivity (Wildman–Crippen MR) is 70.6 cm³/mol. The first-order valence-corrected chi connectivity index (χ1v) is 6.80. The third-order valence-corrected chi connectivity index (χ3v) is 3.47. The van der Waals surface area contributed by atoms with Crippen molar-refractivity contribution in [3.63, 3.8) is 0 Å². The van der Waals surface area contributed by atoms with Gasteiger partial charge in [-0.15, -0.1) is 16.4 Å². The molecule has 0 aromatic carbocycles. The molecule has 5 heteroatoms. The van der Waals surface area contributed by atoms with Crippen LogP contribution >= 0.6 is 23.1 Å². The summed E-state index contributed by atoms with van der Waals surface area (Å²) in [5.74, 6) is 0.802. The normalized spacial score (nSPS) is 11.7. The van der Waals surface area contributed by atoms with Gasteiger partial charge in [0, 0.05) is 10.1 Å². The van der Waals surface area contributed by atoms with Gasteiger partial charge < -0.3 is 0 Å². The summed E-state index contributed by atoms with van der Waals surface area (Å²) in [5.41, 5.74) is 0. The molecule has 2 heterocycles. The average molecular weight is 251 g/mol. The van der Waals surface area contributed by atoms with Crippen molar-refractivity contribution >= 4 is 35.3 Å². The van der Waals surface area contributed by atoms with Crippen molar-refractivity contribution in [3.05, 3.63) is 28.2 Å². The van der Waals surface area contributed by atoms with Gasteiger partial charge >= 0.3 is 0 Å². The molecule has 16 heavy (non-hydrogen) atoms. The van der Waals surface area contributed by atoms with E-state index in [1.807, 2.05) is 18.2 Å². The average Bonchev–Trinajstić information content (AvgIpc) is 2.84. The Hall–Kier alpha value is -1.07. The zero-order chi connectivity index (χ0) is 11.4. The number of thioether (sulfide) groups is 1. The van der Waals surface area contributed by atoms with Crippen molar-refractivity contribution in [2.45, 2.75) is 24.3 Å². The Kier molecular flexibility index (Phi) is 3.79. The van der Waals surface area contributed by atoms with Gasteiger partial charge in [0.2, 0.25) is 5.16 Å². The highest BCUT2D eigenvalue weighted by atomic mass is 32.2. The molecule has 3 nitrogen and oxygen atoms in total. The number of hydrogen-bond acceptors (Lipinski definition) is 4. The third kappa shape index (κ3) is 3.21. The van der Waals surface area contributed by atoms with E-state index >= 15 is 0 Å². The van der Waals surface area contributed by atoms with Crippen LogP contribution in [0.3, 0.4) is 0 Å². The van der Waals surface area contributed by atoms with Crippen LogP contribution in [0.4, 0.5) is 0 Å². The van der Waals surface area contributed by atoms with Crippen molar-refractivity contribution in [1.29, 1.82) is 0 Å². The predicted octanol–water partition coefficient (Wildman–Crippen LogP) is 3.54. The maximum Gasteiger partial charge on any atom is 0.208 e. The second-order valence-electron chi connectivity index (χ2n) is 3.52. The maximum atomic E-state index is 4.36. The Morgan fingerprint density at radius 3 is 3.00 bits per heavy atom. The van der Waals surface area contributed by atoms with Crippen LogP contribution in [-0.2, 0) is 0 Å². The van der Waals surface area contributed by atoms with Gasteiger partial charge in [0.1, 0.15) is 5.82 Å². The molecule has 0 aliphatic carbocycles. The molecule has 0 unspecified atom stereocenters. The fourth-order valence-electron chi connectivity index (χ4n) is 1.14. The molecule has 0 aliphatic heterocycles. The van der Waals surface area contributed by atoms with Crippen molar-refractivity contribution in [2.75, 3.05) is 0 Å². The quantitative estimate of drug-likeness (QED) is 0.845. The largest absolute Gasteiger partial charge is 0.259 e. The lowest BCUT2D eigenvalue weighted by Gasteiger charge is -1.96. The Labute approximate surface area is 103 Å². The number of aromatic amines is 1. The molecule has 1 N–H and O–H groups in total. The van der Waals surface area contributed by atoms with Gasteiger partial charge in [0.05, 0.1) is 0 Å². The summed E-state index contributed by atoms with van der Waals surface area (Å²) in [6, 6.07) is 4.10. The van der Waals surface area contributed by atoms with E-state index in [0.717, 1.165) is 11.0 Å². The van der Waals surface area contributed by atoms with E-state index < -0.39 is 0 Å². The smallest absolute Gasteiger partial charge is 0.208 e. The Bertz CT molecular complexity index is 457. The standard InChI is InChI=1S/C11H13N3S2/c1-8(2)16-11-12-10(13-14-11)6-5-9-4-3-7-15-9/h3-8H,1-2H3,(H,12,13,14)/b6-5+. The van der Waals surface area contributed by atoms with E-state index in [0.29, 0.717) is 5.25 Å². The Morgan fingerprint density at radius 1 is 1.44 bits per heavy atom. The fourth-order valence-corrected chi connectivity index (χ4v) is 2.43. The zero-order valence-corrected chi connectivity index (χ0v) is 10.8. The molecule has 0 amide bonds. The number of H-pyrrole nitrogens is 1. The highest BCUT2D eigenvalue weighted by Gasteiger charge is 2.03. The van der Waals surface area contributed by atoms with Gasteiger partial charge in [-0.05, 0) is 23.6 Å². The Morgan fingerprint density at radius 2 is 2.31 bits per heavy atom. The SMILES string of the molecule is CC(C)Sc1n[nH]c(/C=C/c2cccs2)n1. The molecular weight excluding hydrogens is 238 g/mol. The molecule has 0 aliphatic rings. The molecule has 2 aromatic rings. The van der Waals surface area contributed by atoms with Crippen molar-refractivity contribution in [3.8, 4) is 0 Å². The topological polar surface area (TPSA) is 41.6 Å². The van der Waals surface area contributed by atoms with Gasteiger partial charge in [-0.3, -0.25) is 5.10 Å². The number of thiophene rings is 1. The van der Waals surface area contributed by atoms with Crippen LogP contribution in [0.15, 0.2) is 22.7 Å². The van der Waals surface area contributed by atoms with Gasteiger partial charge in [0.15, 0.2) is 0 Å². The van der Waals surface area contributed by atoms with E-state index in [-0.39, 0.29) is 0 Å². The lowest BCUT2D eigenvalue weighted by atomic mass is 10.4. The first-order chi connectivity index (χ1) is 7.74. The van der Waals surface area contributed by atoms with Crippen LogP contribution in [0.1, 0.15) is 24.5 Å². The summed E-state index contributed by atoms with van der Waals surface area (Å²) in [5, 5.41) is 10.4. The van der Waals surface area contributed by atoms with Crippen LogP contribution in [0.25, 0.3) is 12.2 Å². The van der Waals surface area contributed by atoms with Gasteiger partial charge in [-0.25, -0.2) is 4.98 Å². The second kappa shape index (κ2) is 5.32. The van der Waals surface area contributed by atoms with Gasteiger partial charge in [0.25, 0.3) is 0 Å². The third-order valence-electron chi connectivity index (χ3n) is 1.77. The molecule has 2 aromatic heterocycles. The second-order valence-corrected chi connectivity index (χ2v) is 6.04. The highest BCUT2D eigenvalue weighted by molar-refractivity contribution is 7.99. The van der Waals surface area contributed by atoms with Crippen LogP contribution in [0, 0.1) is 0 Å². The summed E-state index contributed by atoms with van der Waals surface area (Å²) in [6.07, 6.45) is 3.98. The Balaban J connectivity index is 2.02. The number of hydrogen-bond donors (Lipinski definition) is 1. The summed E-state index contributed by atoms with van der Waals surface area (Å²) in [7, 11) is 0. The number of nitrogens with zero attached hydrogens (tertiary/aromatic N) is 2. The van der Waals surface area contributed by atoms with Crippen molar-refractivity contribution in [1.82, 2.24) is 15.2 Å². The summed E-state index contributed by atoms with van der Waals surface area (Å²) in [6.45, 7) is 4.25. The molecule has 0 spiro atoms. The minimum absolute atomic E-state index is 0.505. The first kappa shape index (κ1) is 11.4. The van der Waals surface area contributed by atoms with Gasteiger partial charge in [-0.1, -0.05) is 31.7 Å². The van der Waals surface area contributed by atoms with Crippen LogP contribution in [0.5, 0.6) is 0 Å². The molecule has 0 radical (unpaired) electrons. The summed E-state index contributed by atoms with van der Waals surface area (Å²) >= 11 is 3.36. The lowest BCUT2D eigenvalue weighted by molar-refractivity contribution is 0.961. The van der Waals surface area contributed by atoms with E-state index in [1.54, 1.807) is 23.1 Å². The molecule has 0 saturated carbocycles. The minimum Gasteiger partial charge on any atom is -0.259 e. The van der Waals surface area contributed by atoms with E-state index in [4.69, 9.17) is 0 Å². The molecule has 0 saturated heterocycles. The number of rotatable bonds is 4. The summed E-state index contributed by atoms with van der Waals surface area (Å²) in [4.78, 5) is 5.58. The number of nitrogens with one attached hydrogen (secondary N) is 1. The fraction of sp³-hybridized carbons (Fsp3) is 0.273. The molecule has 0 atom stereocenters. The molecular formula is C11H13N3S2. The van der Waals surface area contributed by atoms with Crippen LogP contribution in [0.2, 0.25) is 0 Å². The van der Waals surface area contributed by atoms with Gasteiger partial charge in [-0.2, -0.15) is 0 Å². The highest BCUT2D eigenvalue weighted by Crippen LogP contribution is 2.18. The maximum absolute atomic E-state index is 4.36. The van der Waals surface area contributed by atoms with Crippen molar-refractivity contribution < 1.29 is 0 Å². The zero-order valence-electron chi connectivity index (χ0n) is 9.18. The minimum atomic E-state index is 0.505. The molecule has 84 valence electrons. The summed E-state index contributed by atoms with van der Waals surface area (Å²) < 4.78 is 0. The molecule has 2 rings (SSSR count). The number of aromatic nitrogens is 3. The van der Waals surface area contributed by atoms with E-state index in [9.17, 15) is 0 Å². The van der Waals surface area contributed by atoms with E-state index in [2.05, 4.69) is 40.5 Å². The first-order valence-electron chi connectivity index (χ1n) is 5.04. The molecule has 0 fully saturated rings. The van der Waals surface area contributed by atoms with Crippen molar-refractivity contribution in [2.24, 2.45) is 0 Å². The molecule has 0 bridgehead atoms. The monoisotopic (exact) mass is 251 g/mol. The van der Waals surface area contributed by atoms with Crippen LogP contribution < -0.4 is 0 Å². The van der Waals surface area contributed by atoms with E-state index in [1.165, 1.54) is 4.88 Å². The van der Waals surface area contributed by atoms with Crippen LogP contribution in [-0.4, -0.2) is 20.4 Å².